The number of H-pyrrole nitrogens is 2. The topological polar surface area (TPSA) is 108 Å². The van der Waals surface area contributed by atoms with Gasteiger partial charge in [0.25, 0.3) is 11.6 Å². The lowest BCUT2D eigenvalue weighted by Gasteiger charge is -2.26. The average Bonchev–Trinajstić information content (AvgIpc) is 3.19. The van der Waals surface area contributed by atoms with Crippen molar-refractivity contribution in [3.63, 3.8) is 0 Å². The molecule has 8 nitrogen and oxygen atoms in total. The quantitative estimate of drug-likeness (QED) is 0.557. The lowest BCUT2D eigenvalue weighted by atomic mass is 10.1. The Kier molecular flexibility index (Phi) is 2.90. The van der Waals surface area contributed by atoms with Gasteiger partial charge in [-0.3, -0.25) is 14.9 Å². The Labute approximate surface area is 130 Å². The first kappa shape index (κ1) is 13.5. The molecule has 23 heavy (non-hydrogen) atoms. The van der Waals surface area contributed by atoms with E-state index < -0.39 is 4.92 Å². The van der Waals surface area contributed by atoms with Gasteiger partial charge in [0.15, 0.2) is 0 Å². The Hall–Kier alpha value is -3.16. The number of imidazole rings is 1. The molecule has 0 spiro atoms. The van der Waals surface area contributed by atoms with Gasteiger partial charge in [0.1, 0.15) is 0 Å². The standard InChI is InChI=1S/C15H13N5O3/c21-15(19-4-3-12-14(7-19)18-8-17-12)11-6-16-13-5-9(20(22)23)1-2-10(11)13/h1-2,5-6,8,16H,3-4,7H2,(H,17,18). The highest BCUT2D eigenvalue weighted by Crippen LogP contribution is 2.25. The van der Waals surface area contributed by atoms with Crippen molar-refractivity contribution in [1.82, 2.24) is 19.9 Å². The van der Waals surface area contributed by atoms with Gasteiger partial charge in [-0.05, 0) is 6.07 Å². The fraction of sp³-hybridized carbons (Fsp3) is 0.200. The van der Waals surface area contributed by atoms with Crippen molar-refractivity contribution in [2.75, 3.05) is 6.54 Å². The minimum Gasteiger partial charge on any atom is -0.360 e. The van der Waals surface area contributed by atoms with Gasteiger partial charge in [0.2, 0.25) is 0 Å². The van der Waals surface area contributed by atoms with Gasteiger partial charge in [0, 0.05) is 36.7 Å². The molecule has 0 atom stereocenters. The van der Waals surface area contributed by atoms with Crippen LogP contribution in [0, 0.1) is 10.1 Å². The minimum absolute atomic E-state index is 0.00146. The van der Waals surface area contributed by atoms with Crippen molar-refractivity contribution in [1.29, 1.82) is 0 Å². The monoisotopic (exact) mass is 311 g/mol. The molecule has 0 fully saturated rings. The number of aromatic amines is 2. The number of nitrogens with zero attached hydrogens (tertiary/aromatic N) is 3. The Balaban J connectivity index is 1.67. The number of nitrogens with one attached hydrogen (secondary N) is 2. The Bertz CT molecular complexity index is 926. The largest absolute Gasteiger partial charge is 0.360 e. The molecule has 0 aliphatic carbocycles. The lowest BCUT2D eigenvalue weighted by Crippen LogP contribution is -2.35. The lowest BCUT2D eigenvalue weighted by molar-refractivity contribution is -0.384. The number of non-ortho nitro benzene ring substituents is 1. The van der Waals surface area contributed by atoms with Gasteiger partial charge in [0.05, 0.1) is 40.3 Å². The summed E-state index contributed by atoms with van der Waals surface area (Å²) in [5.74, 6) is -0.0923. The van der Waals surface area contributed by atoms with E-state index in [1.165, 1.54) is 12.1 Å². The van der Waals surface area contributed by atoms with Crippen LogP contribution in [0.3, 0.4) is 0 Å². The van der Waals surface area contributed by atoms with E-state index in [0.29, 0.717) is 29.6 Å². The molecule has 0 radical (unpaired) electrons. The first-order chi connectivity index (χ1) is 11.1. The molecule has 4 rings (SSSR count). The first-order valence-electron chi connectivity index (χ1n) is 7.19. The number of hydrogen-bond acceptors (Lipinski definition) is 4. The average molecular weight is 311 g/mol. The zero-order valence-corrected chi connectivity index (χ0v) is 12.1. The second-order valence-electron chi connectivity index (χ2n) is 5.49. The molecule has 116 valence electrons. The van der Waals surface area contributed by atoms with Crippen LogP contribution in [-0.4, -0.2) is 37.2 Å². The summed E-state index contributed by atoms with van der Waals surface area (Å²) in [5, 5.41) is 11.5. The molecule has 3 aromatic rings. The van der Waals surface area contributed by atoms with E-state index in [2.05, 4.69) is 15.0 Å². The Morgan fingerprint density at radius 2 is 2.22 bits per heavy atom. The van der Waals surface area contributed by atoms with Gasteiger partial charge in [-0.15, -0.1) is 0 Å². The van der Waals surface area contributed by atoms with Gasteiger partial charge in [-0.2, -0.15) is 0 Å². The van der Waals surface area contributed by atoms with Crippen molar-refractivity contribution < 1.29 is 9.72 Å². The van der Waals surface area contributed by atoms with Gasteiger partial charge >= 0.3 is 0 Å². The maximum atomic E-state index is 12.8. The third kappa shape index (κ3) is 2.15. The summed E-state index contributed by atoms with van der Waals surface area (Å²) in [6.07, 6.45) is 3.97. The number of rotatable bonds is 2. The fourth-order valence-electron chi connectivity index (χ4n) is 2.96. The second-order valence-corrected chi connectivity index (χ2v) is 5.49. The first-order valence-corrected chi connectivity index (χ1v) is 7.19. The number of amides is 1. The van der Waals surface area contributed by atoms with E-state index in [4.69, 9.17) is 0 Å². The summed E-state index contributed by atoms with van der Waals surface area (Å²) in [5.41, 5.74) is 3.07. The maximum absolute atomic E-state index is 12.8. The minimum atomic E-state index is -0.452. The number of carbonyl (C=O) groups excluding carboxylic acids is 1. The molecule has 2 N–H and O–H groups in total. The molecule has 0 unspecified atom stereocenters. The van der Waals surface area contributed by atoms with Crippen LogP contribution in [0.15, 0.2) is 30.7 Å². The van der Waals surface area contributed by atoms with Crippen molar-refractivity contribution in [3.8, 4) is 0 Å². The molecule has 1 aliphatic heterocycles. The molecule has 3 heterocycles. The smallest absolute Gasteiger partial charge is 0.271 e. The van der Waals surface area contributed by atoms with Crippen molar-refractivity contribution in [2.24, 2.45) is 0 Å². The summed E-state index contributed by atoms with van der Waals surface area (Å²) < 4.78 is 0. The number of benzene rings is 1. The molecule has 2 aromatic heterocycles. The number of hydrogen-bond donors (Lipinski definition) is 2. The number of carbonyl (C=O) groups is 1. The third-order valence-electron chi connectivity index (χ3n) is 4.17. The molecule has 0 saturated heterocycles. The van der Waals surface area contributed by atoms with E-state index in [9.17, 15) is 14.9 Å². The zero-order chi connectivity index (χ0) is 16.0. The van der Waals surface area contributed by atoms with Crippen LogP contribution < -0.4 is 0 Å². The summed E-state index contributed by atoms with van der Waals surface area (Å²) in [7, 11) is 0. The highest BCUT2D eigenvalue weighted by Gasteiger charge is 2.25. The van der Waals surface area contributed by atoms with Crippen LogP contribution in [-0.2, 0) is 13.0 Å². The fourth-order valence-corrected chi connectivity index (χ4v) is 2.96. The molecule has 0 saturated carbocycles. The van der Waals surface area contributed by atoms with Gasteiger partial charge < -0.3 is 14.9 Å². The van der Waals surface area contributed by atoms with Crippen LogP contribution in [0.5, 0.6) is 0 Å². The summed E-state index contributed by atoms with van der Waals surface area (Å²) >= 11 is 0. The zero-order valence-electron chi connectivity index (χ0n) is 12.1. The van der Waals surface area contributed by atoms with E-state index in [-0.39, 0.29) is 11.6 Å². The van der Waals surface area contributed by atoms with Gasteiger partial charge in [-0.1, -0.05) is 0 Å². The summed E-state index contributed by atoms with van der Waals surface area (Å²) in [4.78, 5) is 35.1. The molecule has 8 heteroatoms. The van der Waals surface area contributed by atoms with E-state index in [0.717, 1.165) is 17.8 Å². The number of nitro groups is 1. The Morgan fingerprint density at radius 1 is 1.35 bits per heavy atom. The van der Waals surface area contributed by atoms with Crippen molar-refractivity contribution in [2.45, 2.75) is 13.0 Å². The Morgan fingerprint density at radius 3 is 3.04 bits per heavy atom. The second kappa shape index (κ2) is 4.94. The summed E-state index contributed by atoms with van der Waals surface area (Å²) in [6.45, 7) is 1.10. The van der Waals surface area contributed by atoms with E-state index in [1.54, 1.807) is 23.5 Å². The highest BCUT2D eigenvalue weighted by atomic mass is 16.6. The van der Waals surface area contributed by atoms with Crippen molar-refractivity contribution >= 4 is 22.5 Å². The molecule has 0 bridgehead atoms. The van der Waals surface area contributed by atoms with Crippen LogP contribution in [0.4, 0.5) is 5.69 Å². The number of aromatic nitrogens is 3. The summed E-state index contributed by atoms with van der Waals surface area (Å²) in [6, 6.07) is 4.47. The predicted molar refractivity (Wildman–Crippen MR) is 82.0 cm³/mol. The molecular formula is C15H13N5O3. The van der Waals surface area contributed by atoms with Crippen LogP contribution in [0.2, 0.25) is 0 Å². The highest BCUT2D eigenvalue weighted by molar-refractivity contribution is 6.07. The molecular weight excluding hydrogens is 298 g/mol. The van der Waals surface area contributed by atoms with E-state index in [1.807, 2.05) is 0 Å². The van der Waals surface area contributed by atoms with Crippen LogP contribution in [0.1, 0.15) is 21.7 Å². The SMILES string of the molecule is O=C(c1c[nH]c2cc([N+](=O)[O-])ccc12)N1CCc2nc[nH]c2C1. The predicted octanol–water partition coefficient (Wildman–Crippen LogP) is 2.00. The van der Waals surface area contributed by atoms with Crippen LogP contribution >= 0.6 is 0 Å². The number of nitro benzene ring substituents is 1. The molecule has 1 aromatic carbocycles. The van der Waals surface area contributed by atoms with E-state index >= 15 is 0 Å². The van der Waals surface area contributed by atoms with Crippen molar-refractivity contribution in [3.05, 3.63) is 57.8 Å². The molecule has 1 amide bonds. The van der Waals surface area contributed by atoms with Gasteiger partial charge in [-0.25, -0.2) is 4.98 Å². The third-order valence-corrected chi connectivity index (χ3v) is 4.17. The maximum Gasteiger partial charge on any atom is 0.271 e. The normalized spacial score (nSPS) is 14.0. The number of fused-ring (bicyclic) bond motifs is 2. The molecule has 1 aliphatic rings. The van der Waals surface area contributed by atoms with Crippen LogP contribution in [0.25, 0.3) is 10.9 Å².